The van der Waals surface area contributed by atoms with E-state index in [1.54, 1.807) is 0 Å². The van der Waals surface area contributed by atoms with Crippen LogP contribution in [0.15, 0.2) is 18.3 Å². The molecule has 2 nitrogen and oxygen atoms in total. The number of hydrogen-bond acceptors (Lipinski definition) is 3. The number of aromatic nitrogens is 1. The molecule has 1 aromatic rings. The monoisotopic (exact) mass is 222 g/mol. The van der Waals surface area contributed by atoms with Crippen molar-refractivity contribution in [3.63, 3.8) is 0 Å². The molecule has 0 bridgehead atoms. The molecule has 2 rings (SSSR count). The standard InChI is InChI=1S/C12H18N2S/c1-10-11(4-2-6-13-10)8-14-12-5-3-7-15-9-12/h2,4,6,12,14H,3,5,7-9H2,1H3. The van der Waals surface area contributed by atoms with E-state index in [9.17, 15) is 0 Å². The zero-order valence-electron chi connectivity index (χ0n) is 9.20. The van der Waals surface area contributed by atoms with Crippen LogP contribution >= 0.6 is 11.8 Å². The lowest BCUT2D eigenvalue weighted by Crippen LogP contribution is -2.33. The van der Waals surface area contributed by atoms with Gasteiger partial charge < -0.3 is 5.32 Å². The number of pyridine rings is 1. The maximum Gasteiger partial charge on any atom is 0.0417 e. The quantitative estimate of drug-likeness (QED) is 0.850. The minimum atomic E-state index is 0.698. The molecule has 1 fully saturated rings. The van der Waals surface area contributed by atoms with Gasteiger partial charge in [0.05, 0.1) is 0 Å². The number of nitrogens with zero attached hydrogens (tertiary/aromatic N) is 1. The van der Waals surface area contributed by atoms with Crippen LogP contribution in [0.5, 0.6) is 0 Å². The summed E-state index contributed by atoms with van der Waals surface area (Å²) < 4.78 is 0. The summed E-state index contributed by atoms with van der Waals surface area (Å²) >= 11 is 2.06. The van der Waals surface area contributed by atoms with Gasteiger partial charge in [-0.25, -0.2) is 0 Å². The van der Waals surface area contributed by atoms with E-state index in [0.717, 1.165) is 12.2 Å². The van der Waals surface area contributed by atoms with Crippen LogP contribution in [0.4, 0.5) is 0 Å². The van der Waals surface area contributed by atoms with Gasteiger partial charge in [-0.2, -0.15) is 11.8 Å². The number of rotatable bonds is 3. The van der Waals surface area contributed by atoms with E-state index < -0.39 is 0 Å². The Morgan fingerprint density at radius 3 is 3.27 bits per heavy atom. The van der Waals surface area contributed by atoms with Crippen LogP contribution in [0.3, 0.4) is 0 Å². The Labute approximate surface area is 95.9 Å². The lowest BCUT2D eigenvalue weighted by atomic mass is 10.1. The SMILES string of the molecule is Cc1ncccc1CNC1CCCSC1. The Morgan fingerprint density at radius 1 is 1.60 bits per heavy atom. The van der Waals surface area contributed by atoms with Gasteiger partial charge in [-0.1, -0.05) is 6.07 Å². The highest BCUT2D eigenvalue weighted by Gasteiger charge is 2.12. The van der Waals surface area contributed by atoms with Crippen molar-refractivity contribution in [1.29, 1.82) is 0 Å². The predicted molar refractivity (Wildman–Crippen MR) is 66.2 cm³/mol. The molecule has 0 aromatic carbocycles. The van der Waals surface area contributed by atoms with E-state index in [2.05, 4.69) is 35.1 Å². The Balaban J connectivity index is 1.84. The zero-order chi connectivity index (χ0) is 10.5. The van der Waals surface area contributed by atoms with E-state index in [0.29, 0.717) is 6.04 Å². The predicted octanol–water partition coefficient (Wildman–Crippen LogP) is 2.38. The number of hydrogen-bond donors (Lipinski definition) is 1. The van der Waals surface area contributed by atoms with Gasteiger partial charge in [-0.05, 0) is 37.1 Å². The molecule has 1 aliphatic rings. The van der Waals surface area contributed by atoms with Gasteiger partial charge in [0, 0.05) is 30.2 Å². The summed E-state index contributed by atoms with van der Waals surface area (Å²) in [4.78, 5) is 4.30. The van der Waals surface area contributed by atoms with Crippen molar-refractivity contribution in [3.8, 4) is 0 Å². The van der Waals surface area contributed by atoms with Gasteiger partial charge in [0.1, 0.15) is 0 Å². The first-order valence-electron chi connectivity index (χ1n) is 5.58. The number of nitrogens with one attached hydrogen (secondary N) is 1. The van der Waals surface area contributed by atoms with Gasteiger partial charge in [0.2, 0.25) is 0 Å². The highest BCUT2D eigenvalue weighted by molar-refractivity contribution is 7.99. The van der Waals surface area contributed by atoms with Crippen molar-refractivity contribution in [3.05, 3.63) is 29.6 Å². The van der Waals surface area contributed by atoms with Gasteiger partial charge >= 0.3 is 0 Å². The second-order valence-corrected chi connectivity index (χ2v) is 5.19. The fourth-order valence-electron chi connectivity index (χ4n) is 1.86. The molecule has 15 heavy (non-hydrogen) atoms. The van der Waals surface area contributed by atoms with Crippen molar-refractivity contribution in [2.75, 3.05) is 11.5 Å². The molecule has 1 N–H and O–H groups in total. The molecule has 1 aliphatic heterocycles. The van der Waals surface area contributed by atoms with Crippen molar-refractivity contribution in [1.82, 2.24) is 10.3 Å². The van der Waals surface area contributed by atoms with Crippen LogP contribution in [0.1, 0.15) is 24.1 Å². The van der Waals surface area contributed by atoms with Crippen LogP contribution in [-0.2, 0) is 6.54 Å². The molecule has 1 atom stereocenters. The molecule has 0 spiro atoms. The normalized spacial score (nSPS) is 21.5. The summed E-state index contributed by atoms with van der Waals surface area (Å²) in [5, 5.41) is 3.62. The van der Waals surface area contributed by atoms with E-state index >= 15 is 0 Å². The molecule has 0 amide bonds. The minimum absolute atomic E-state index is 0.698. The Kier molecular flexibility index (Phi) is 4.03. The van der Waals surface area contributed by atoms with E-state index in [-0.39, 0.29) is 0 Å². The largest absolute Gasteiger partial charge is 0.309 e. The third-order valence-corrected chi connectivity index (χ3v) is 4.07. The van der Waals surface area contributed by atoms with Crippen molar-refractivity contribution >= 4 is 11.8 Å². The van der Waals surface area contributed by atoms with Crippen LogP contribution in [-0.4, -0.2) is 22.5 Å². The summed E-state index contributed by atoms with van der Waals surface area (Å²) in [5.74, 6) is 2.60. The van der Waals surface area contributed by atoms with E-state index in [4.69, 9.17) is 0 Å². The van der Waals surface area contributed by atoms with E-state index in [1.165, 1.54) is 29.9 Å². The summed E-state index contributed by atoms with van der Waals surface area (Å²) in [5.41, 5.74) is 2.47. The highest BCUT2D eigenvalue weighted by Crippen LogP contribution is 2.17. The molecule has 1 unspecified atom stereocenters. The summed E-state index contributed by atoms with van der Waals surface area (Å²) in [6.45, 7) is 3.04. The summed E-state index contributed by atoms with van der Waals surface area (Å²) in [6, 6.07) is 4.87. The van der Waals surface area contributed by atoms with Gasteiger partial charge in [-0.15, -0.1) is 0 Å². The molecule has 1 saturated heterocycles. The first kappa shape index (κ1) is 11.0. The molecule has 2 heterocycles. The molecule has 0 aliphatic carbocycles. The maximum absolute atomic E-state index is 4.30. The van der Waals surface area contributed by atoms with Crippen LogP contribution in [0.2, 0.25) is 0 Å². The average Bonchev–Trinajstić information content (AvgIpc) is 2.29. The Morgan fingerprint density at radius 2 is 2.53 bits per heavy atom. The van der Waals surface area contributed by atoms with Gasteiger partial charge in [0.15, 0.2) is 0 Å². The van der Waals surface area contributed by atoms with Gasteiger partial charge in [0.25, 0.3) is 0 Å². The van der Waals surface area contributed by atoms with Crippen molar-refractivity contribution in [2.24, 2.45) is 0 Å². The molecule has 3 heteroatoms. The van der Waals surface area contributed by atoms with Crippen LogP contribution in [0, 0.1) is 6.92 Å². The topological polar surface area (TPSA) is 24.9 Å². The Bertz CT molecular complexity index is 308. The second-order valence-electron chi connectivity index (χ2n) is 4.04. The molecule has 0 saturated carbocycles. The van der Waals surface area contributed by atoms with Gasteiger partial charge in [-0.3, -0.25) is 4.98 Å². The van der Waals surface area contributed by atoms with E-state index in [1.807, 2.05) is 12.3 Å². The van der Waals surface area contributed by atoms with Crippen LogP contribution in [0.25, 0.3) is 0 Å². The number of thioether (sulfide) groups is 1. The third-order valence-electron chi connectivity index (χ3n) is 2.86. The summed E-state index contributed by atoms with van der Waals surface area (Å²) in [7, 11) is 0. The lowest BCUT2D eigenvalue weighted by Gasteiger charge is -2.22. The minimum Gasteiger partial charge on any atom is -0.309 e. The third kappa shape index (κ3) is 3.21. The molecule has 1 aromatic heterocycles. The highest BCUT2D eigenvalue weighted by atomic mass is 32.2. The second kappa shape index (κ2) is 5.52. The summed E-state index contributed by atoms with van der Waals surface area (Å²) in [6.07, 6.45) is 4.54. The maximum atomic E-state index is 4.30. The fraction of sp³-hybridized carbons (Fsp3) is 0.583. The average molecular weight is 222 g/mol. The van der Waals surface area contributed by atoms with Crippen molar-refractivity contribution in [2.45, 2.75) is 32.4 Å². The van der Waals surface area contributed by atoms with Crippen LogP contribution < -0.4 is 5.32 Å². The molecular formula is C12H18N2S. The first-order chi connectivity index (χ1) is 7.36. The lowest BCUT2D eigenvalue weighted by molar-refractivity contribution is 0.506. The fourth-order valence-corrected chi connectivity index (χ4v) is 2.97. The first-order valence-corrected chi connectivity index (χ1v) is 6.73. The molecule has 0 radical (unpaired) electrons. The smallest absolute Gasteiger partial charge is 0.0417 e. The number of aryl methyl sites for hydroxylation is 1. The Hall–Kier alpha value is -0.540. The zero-order valence-corrected chi connectivity index (χ0v) is 10.0. The molecule has 82 valence electrons. The van der Waals surface area contributed by atoms with Crippen molar-refractivity contribution < 1.29 is 0 Å². The molecular weight excluding hydrogens is 204 g/mol.